The van der Waals surface area contributed by atoms with Crippen molar-refractivity contribution < 1.29 is 4.74 Å². The van der Waals surface area contributed by atoms with E-state index in [9.17, 15) is 0 Å². The summed E-state index contributed by atoms with van der Waals surface area (Å²) in [6, 6.07) is 13.6. The van der Waals surface area contributed by atoms with Gasteiger partial charge in [-0.25, -0.2) is 0 Å². The highest BCUT2D eigenvalue weighted by atomic mass is 35.5. The van der Waals surface area contributed by atoms with Gasteiger partial charge in [0.05, 0.1) is 11.6 Å². The summed E-state index contributed by atoms with van der Waals surface area (Å²) in [5.74, 6) is 0.704. The molecule has 0 aromatic heterocycles. The van der Waals surface area contributed by atoms with Crippen LogP contribution in [-0.4, -0.2) is 6.61 Å². The lowest BCUT2D eigenvalue weighted by Gasteiger charge is -2.17. The predicted molar refractivity (Wildman–Crippen MR) is 86.1 cm³/mol. The van der Waals surface area contributed by atoms with Crippen LogP contribution in [0.1, 0.15) is 25.5 Å². The zero-order valence-electron chi connectivity index (χ0n) is 11.5. The SMILES string of the molecule is CCOc1ccc(NC(C)c2cccc(Cl)c2)cc1Cl. The first-order valence-electron chi connectivity index (χ1n) is 6.54. The number of benzene rings is 2. The van der Waals surface area contributed by atoms with Crippen molar-refractivity contribution in [2.24, 2.45) is 0 Å². The molecular weight excluding hydrogens is 293 g/mol. The maximum Gasteiger partial charge on any atom is 0.138 e. The van der Waals surface area contributed by atoms with Crippen LogP contribution in [-0.2, 0) is 0 Å². The van der Waals surface area contributed by atoms with Crippen molar-refractivity contribution in [3.8, 4) is 5.75 Å². The molecule has 4 heteroatoms. The van der Waals surface area contributed by atoms with Crippen LogP contribution in [0.2, 0.25) is 10.0 Å². The van der Waals surface area contributed by atoms with Crippen molar-refractivity contribution in [3.05, 3.63) is 58.1 Å². The van der Waals surface area contributed by atoms with Gasteiger partial charge in [0, 0.05) is 16.8 Å². The standard InChI is InChI=1S/C16H17Cl2NO/c1-3-20-16-8-7-14(10-15(16)18)19-11(2)12-5-4-6-13(17)9-12/h4-11,19H,3H2,1-2H3. The minimum Gasteiger partial charge on any atom is -0.492 e. The molecular formula is C16H17Cl2NO. The van der Waals surface area contributed by atoms with Crippen LogP contribution in [0.3, 0.4) is 0 Å². The Hall–Kier alpha value is -1.38. The van der Waals surface area contributed by atoms with Crippen molar-refractivity contribution in [1.82, 2.24) is 0 Å². The molecule has 2 nitrogen and oxygen atoms in total. The summed E-state index contributed by atoms with van der Waals surface area (Å²) in [6.45, 7) is 4.62. The number of hydrogen-bond acceptors (Lipinski definition) is 2. The number of rotatable bonds is 5. The van der Waals surface area contributed by atoms with Gasteiger partial charge in [0.15, 0.2) is 0 Å². The second-order valence-corrected chi connectivity index (χ2v) is 5.34. The highest BCUT2D eigenvalue weighted by Crippen LogP contribution is 2.29. The molecule has 20 heavy (non-hydrogen) atoms. The number of nitrogens with one attached hydrogen (secondary N) is 1. The van der Waals surface area contributed by atoms with Crippen LogP contribution in [0, 0.1) is 0 Å². The Labute approximate surface area is 129 Å². The Bertz CT molecular complexity index is 586. The average molecular weight is 310 g/mol. The van der Waals surface area contributed by atoms with Gasteiger partial charge in [0.25, 0.3) is 0 Å². The van der Waals surface area contributed by atoms with Gasteiger partial charge in [-0.1, -0.05) is 35.3 Å². The fourth-order valence-electron chi connectivity index (χ4n) is 1.97. The van der Waals surface area contributed by atoms with Crippen LogP contribution in [0.4, 0.5) is 5.69 Å². The van der Waals surface area contributed by atoms with E-state index in [4.69, 9.17) is 27.9 Å². The smallest absolute Gasteiger partial charge is 0.138 e. The molecule has 2 aromatic carbocycles. The highest BCUT2D eigenvalue weighted by Gasteiger charge is 2.08. The minimum atomic E-state index is 0.141. The molecule has 0 saturated heterocycles. The number of anilines is 1. The molecule has 0 aliphatic carbocycles. The summed E-state index contributed by atoms with van der Waals surface area (Å²) in [6.07, 6.45) is 0. The molecule has 0 fully saturated rings. The van der Waals surface area contributed by atoms with E-state index in [2.05, 4.69) is 12.2 Å². The van der Waals surface area contributed by atoms with Crippen LogP contribution in [0.25, 0.3) is 0 Å². The van der Waals surface area contributed by atoms with Crippen molar-refractivity contribution in [2.45, 2.75) is 19.9 Å². The molecule has 0 bridgehead atoms. The number of hydrogen-bond donors (Lipinski definition) is 1. The molecule has 106 valence electrons. The zero-order chi connectivity index (χ0) is 14.5. The fourth-order valence-corrected chi connectivity index (χ4v) is 2.41. The Morgan fingerprint density at radius 1 is 1.15 bits per heavy atom. The van der Waals surface area contributed by atoms with E-state index in [1.54, 1.807) is 0 Å². The molecule has 2 aromatic rings. The zero-order valence-corrected chi connectivity index (χ0v) is 13.0. The summed E-state index contributed by atoms with van der Waals surface area (Å²) in [4.78, 5) is 0. The van der Waals surface area contributed by atoms with Gasteiger partial charge in [-0.05, 0) is 49.7 Å². The average Bonchev–Trinajstić information content (AvgIpc) is 2.42. The summed E-state index contributed by atoms with van der Waals surface area (Å²) in [5, 5.41) is 4.74. The summed E-state index contributed by atoms with van der Waals surface area (Å²) < 4.78 is 5.42. The monoisotopic (exact) mass is 309 g/mol. The van der Waals surface area contributed by atoms with Gasteiger partial charge in [0.1, 0.15) is 5.75 Å². The maximum atomic E-state index is 6.18. The van der Waals surface area contributed by atoms with E-state index >= 15 is 0 Å². The lowest BCUT2D eigenvalue weighted by molar-refractivity contribution is 0.340. The molecule has 0 radical (unpaired) electrons. The van der Waals surface area contributed by atoms with Crippen LogP contribution < -0.4 is 10.1 Å². The first-order valence-corrected chi connectivity index (χ1v) is 7.30. The van der Waals surface area contributed by atoms with Crippen molar-refractivity contribution >= 4 is 28.9 Å². The molecule has 1 unspecified atom stereocenters. The van der Waals surface area contributed by atoms with Gasteiger partial charge in [-0.2, -0.15) is 0 Å². The number of ether oxygens (including phenoxy) is 1. The van der Waals surface area contributed by atoms with Crippen LogP contribution in [0.15, 0.2) is 42.5 Å². The Kier molecular flexibility index (Phi) is 5.16. The third-order valence-electron chi connectivity index (χ3n) is 2.96. The Morgan fingerprint density at radius 2 is 1.95 bits per heavy atom. The first-order chi connectivity index (χ1) is 9.60. The minimum absolute atomic E-state index is 0.141. The molecule has 0 aliphatic rings. The van der Waals surface area contributed by atoms with Gasteiger partial charge >= 0.3 is 0 Å². The van der Waals surface area contributed by atoms with Crippen LogP contribution in [0.5, 0.6) is 5.75 Å². The molecule has 2 rings (SSSR count). The van der Waals surface area contributed by atoms with Gasteiger partial charge in [0.2, 0.25) is 0 Å². The van der Waals surface area contributed by atoms with Crippen molar-refractivity contribution in [3.63, 3.8) is 0 Å². The molecule has 1 atom stereocenters. The third-order valence-corrected chi connectivity index (χ3v) is 3.49. The molecule has 1 N–H and O–H groups in total. The maximum absolute atomic E-state index is 6.18. The van der Waals surface area contributed by atoms with E-state index in [1.807, 2.05) is 49.4 Å². The third kappa shape index (κ3) is 3.81. The molecule has 0 heterocycles. The van der Waals surface area contributed by atoms with E-state index < -0.39 is 0 Å². The normalized spacial score (nSPS) is 12.0. The van der Waals surface area contributed by atoms with Crippen molar-refractivity contribution in [1.29, 1.82) is 0 Å². The van der Waals surface area contributed by atoms with Gasteiger partial charge in [-0.3, -0.25) is 0 Å². The lowest BCUT2D eigenvalue weighted by Crippen LogP contribution is -2.06. The molecule has 0 spiro atoms. The quantitative estimate of drug-likeness (QED) is 0.780. The first kappa shape index (κ1) is 15.0. The fraction of sp³-hybridized carbons (Fsp3) is 0.250. The largest absolute Gasteiger partial charge is 0.492 e. The molecule has 0 amide bonds. The summed E-state index contributed by atoms with van der Waals surface area (Å²) in [7, 11) is 0. The molecule has 0 aliphatic heterocycles. The number of halogens is 2. The Morgan fingerprint density at radius 3 is 2.60 bits per heavy atom. The lowest BCUT2D eigenvalue weighted by atomic mass is 10.1. The van der Waals surface area contributed by atoms with E-state index in [0.717, 1.165) is 16.3 Å². The van der Waals surface area contributed by atoms with E-state index in [-0.39, 0.29) is 6.04 Å². The summed E-state index contributed by atoms with van der Waals surface area (Å²) in [5.41, 5.74) is 2.08. The Balaban J connectivity index is 2.11. The van der Waals surface area contributed by atoms with Crippen LogP contribution >= 0.6 is 23.2 Å². The topological polar surface area (TPSA) is 21.3 Å². The van der Waals surface area contributed by atoms with Gasteiger partial charge < -0.3 is 10.1 Å². The summed E-state index contributed by atoms with van der Waals surface area (Å²) >= 11 is 12.2. The van der Waals surface area contributed by atoms with E-state index in [0.29, 0.717) is 17.4 Å². The van der Waals surface area contributed by atoms with Crippen molar-refractivity contribution in [2.75, 3.05) is 11.9 Å². The predicted octanol–water partition coefficient (Wildman–Crippen LogP) is 5.57. The van der Waals surface area contributed by atoms with Gasteiger partial charge in [-0.15, -0.1) is 0 Å². The second kappa shape index (κ2) is 6.87. The van der Waals surface area contributed by atoms with E-state index in [1.165, 1.54) is 0 Å². The highest BCUT2D eigenvalue weighted by molar-refractivity contribution is 6.32. The molecule has 0 saturated carbocycles. The second-order valence-electron chi connectivity index (χ2n) is 4.50.